The second-order valence-corrected chi connectivity index (χ2v) is 6.98. The molecular weight excluding hydrogens is 339 g/mol. The van der Waals surface area contributed by atoms with Crippen LogP contribution >= 0.6 is 22.6 Å². The summed E-state index contributed by atoms with van der Waals surface area (Å²) in [6.07, 6.45) is 0.938. The zero-order valence-corrected chi connectivity index (χ0v) is 13.5. The van der Waals surface area contributed by atoms with Gasteiger partial charge in [0.05, 0.1) is 0 Å². The molecule has 0 aromatic carbocycles. The maximum atomic E-state index is 11.8. The van der Waals surface area contributed by atoms with E-state index in [0.29, 0.717) is 5.69 Å². The molecule has 0 unspecified atom stereocenters. The maximum absolute atomic E-state index is 11.8. The summed E-state index contributed by atoms with van der Waals surface area (Å²) < 4.78 is 0.0410. The molecule has 1 aliphatic heterocycles. The van der Waals surface area contributed by atoms with E-state index in [-0.39, 0.29) is 9.20 Å². The minimum atomic E-state index is -0.0474. The van der Waals surface area contributed by atoms with E-state index in [1.54, 1.807) is 0 Å². The zero-order valence-electron chi connectivity index (χ0n) is 11.4. The third kappa shape index (κ3) is 2.74. The van der Waals surface area contributed by atoms with Gasteiger partial charge >= 0.3 is 0 Å². The molecular formula is C14H19IN2O. The Balaban J connectivity index is 2.58. The summed E-state index contributed by atoms with van der Waals surface area (Å²) in [5.41, 5.74) is 4.03. The lowest BCUT2D eigenvalue weighted by atomic mass is 9.84. The van der Waals surface area contributed by atoms with Crippen molar-refractivity contribution in [1.29, 1.82) is 0 Å². The Morgan fingerprint density at radius 1 is 1.44 bits per heavy atom. The highest BCUT2D eigenvalue weighted by molar-refractivity contribution is 14.1. The predicted molar refractivity (Wildman–Crippen MR) is 81.3 cm³/mol. The molecule has 2 rings (SSSR count). The van der Waals surface area contributed by atoms with E-state index in [1.165, 1.54) is 5.56 Å². The van der Waals surface area contributed by atoms with Crippen LogP contribution < -0.4 is 0 Å². The number of pyridine rings is 1. The number of carbonyl (C=O) groups excluding carboxylic acids is 1. The highest BCUT2D eigenvalue weighted by Gasteiger charge is 2.26. The van der Waals surface area contributed by atoms with Gasteiger partial charge in [-0.05, 0) is 29.7 Å². The molecule has 0 aliphatic carbocycles. The average Bonchev–Trinajstić information content (AvgIpc) is 2.25. The molecule has 0 amide bonds. The van der Waals surface area contributed by atoms with Crippen molar-refractivity contribution in [3.8, 4) is 0 Å². The van der Waals surface area contributed by atoms with Gasteiger partial charge in [0.15, 0.2) is 0 Å². The lowest BCUT2D eigenvalue weighted by Gasteiger charge is -2.28. The Kier molecular flexibility index (Phi) is 3.78. The van der Waals surface area contributed by atoms with Crippen LogP contribution in [0.25, 0.3) is 0 Å². The molecule has 1 aromatic rings. The normalized spacial score (nSPS) is 16.5. The van der Waals surface area contributed by atoms with Crippen LogP contribution in [0.3, 0.4) is 0 Å². The molecule has 1 aromatic heterocycles. The zero-order chi connectivity index (χ0) is 13.5. The molecule has 18 heavy (non-hydrogen) atoms. The summed E-state index contributed by atoms with van der Waals surface area (Å²) in [6.45, 7) is 8.34. The number of nitrogens with zero attached hydrogens (tertiary/aromatic N) is 2. The van der Waals surface area contributed by atoms with E-state index in [2.05, 4.69) is 43.8 Å². The highest BCUT2D eigenvalue weighted by Crippen LogP contribution is 2.30. The number of rotatable bonds is 1. The van der Waals surface area contributed by atoms with Crippen molar-refractivity contribution in [3.63, 3.8) is 0 Å². The average molecular weight is 358 g/mol. The first kappa shape index (κ1) is 13.9. The molecule has 0 saturated heterocycles. The third-order valence-electron chi connectivity index (χ3n) is 3.36. The SMILES string of the molecule is CN1CCc2nc(C(=O)I)c(C(C)(C)C)cc2C1. The summed E-state index contributed by atoms with van der Waals surface area (Å²) in [6, 6.07) is 2.18. The van der Waals surface area contributed by atoms with Crippen LogP contribution in [0.15, 0.2) is 6.07 Å². The summed E-state index contributed by atoms with van der Waals surface area (Å²) in [5.74, 6) is 0. The predicted octanol–water partition coefficient (Wildman–Crippen LogP) is 2.94. The van der Waals surface area contributed by atoms with Gasteiger partial charge < -0.3 is 4.90 Å². The largest absolute Gasteiger partial charge is 0.302 e. The number of aromatic nitrogens is 1. The molecule has 0 saturated carbocycles. The van der Waals surface area contributed by atoms with Gasteiger partial charge in [-0.2, -0.15) is 0 Å². The van der Waals surface area contributed by atoms with Crippen LogP contribution in [0.2, 0.25) is 0 Å². The molecule has 98 valence electrons. The maximum Gasteiger partial charge on any atom is 0.240 e. The molecule has 0 atom stereocenters. The van der Waals surface area contributed by atoms with Gasteiger partial charge in [-0.15, -0.1) is 0 Å². The van der Waals surface area contributed by atoms with Crippen LogP contribution in [0.5, 0.6) is 0 Å². The molecule has 2 heterocycles. The number of halogens is 1. The fraction of sp³-hybridized carbons (Fsp3) is 0.571. The van der Waals surface area contributed by atoms with Crippen molar-refractivity contribution >= 4 is 26.4 Å². The second kappa shape index (κ2) is 4.89. The minimum absolute atomic E-state index is 0.0410. The lowest BCUT2D eigenvalue weighted by Crippen LogP contribution is -2.29. The first-order valence-corrected chi connectivity index (χ1v) is 7.28. The number of hydrogen-bond donors (Lipinski definition) is 0. The number of carbonyl (C=O) groups is 1. The van der Waals surface area contributed by atoms with Crippen molar-refractivity contribution in [2.45, 2.75) is 39.2 Å². The van der Waals surface area contributed by atoms with Crippen molar-refractivity contribution in [3.05, 3.63) is 28.6 Å². The van der Waals surface area contributed by atoms with E-state index in [1.807, 2.05) is 22.6 Å². The fourth-order valence-electron chi connectivity index (χ4n) is 2.33. The van der Waals surface area contributed by atoms with Gasteiger partial charge in [0.25, 0.3) is 0 Å². The van der Waals surface area contributed by atoms with E-state index in [0.717, 1.165) is 30.8 Å². The monoisotopic (exact) mass is 358 g/mol. The first-order chi connectivity index (χ1) is 8.29. The van der Waals surface area contributed by atoms with Crippen molar-refractivity contribution in [2.24, 2.45) is 0 Å². The van der Waals surface area contributed by atoms with Crippen LogP contribution in [0.1, 0.15) is 48.1 Å². The van der Waals surface area contributed by atoms with Crippen molar-refractivity contribution in [2.75, 3.05) is 13.6 Å². The second-order valence-electron chi connectivity index (χ2n) is 6.00. The number of likely N-dealkylation sites (N-methyl/N-ethyl adjacent to an activating group) is 1. The van der Waals surface area contributed by atoms with Crippen LogP contribution in [0.4, 0.5) is 0 Å². The molecule has 4 heteroatoms. The van der Waals surface area contributed by atoms with Gasteiger partial charge in [-0.3, -0.25) is 4.79 Å². The van der Waals surface area contributed by atoms with Gasteiger partial charge in [-0.25, -0.2) is 4.98 Å². The van der Waals surface area contributed by atoms with Crippen LogP contribution in [0, 0.1) is 0 Å². The first-order valence-electron chi connectivity index (χ1n) is 6.20. The molecule has 0 fully saturated rings. The molecule has 0 radical (unpaired) electrons. The number of fused-ring (bicyclic) bond motifs is 1. The van der Waals surface area contributed by atoms with Gasteiger partial charge in [-0.1, -0.05) is 20.8 Å². The van der Waals surface area contributed by atoms with Gasteiger partial charge in [0.1, 0.15) is 5.69 Å². The summed E-state index contributed by atoms with van der Waals surface area (Å²) in [7, 11) is 2.12. The van der Waals surface area contributed by atoms with E-state index in [4.69, 9.17) is 0 Å². The highest BCUT2D eigenvalue weighted by atomic mass is 127. The van der Waals surface area contributed by atoms with Crippen LogP contribution in [-0.4, -0.2) is 27.3 Å². The quantitative estimate of drug-likeness (QED) is 0.572. The molecule has 0 spiro atoms. The summed E-state index contributed by atoms with van der Waals surface area (Å²) >= 11 is 1.84. The summed E-state index contributed by atoms with van der Waals surface area (Å²) in [4.78, 5) is 18.7. The molecule has 0 N–H and O–H groups in total. The standard InChI is InChI=1S/C14H19IN2O/c1-14(2,3)10-7-9-8-17(4)6-5-11(9)16-12(10)13(15)18/h7H,5-6,8H2,1-4H3. The van der Waals surface area contributed by atoms with E-state index < -0.39 is 0 Å². The Morgan fingerprint density at radius 3 is 2.67 bits per heavy atom. The van der Waals surface area contributed by atoms with E-state index >= 15 is 0 Å². The van der Waals surface area contributed by atoms with Crippen molar-refractivity contribution in [1.82, 2.24) is 9.88 Å². The molecule has 0 bridgehead atoms. The Morgan fingerprint density at radius 2 is 2.11 bits per heavy atom. The van der Waals surface area contributed by atoms with Gasteiger partial charge in [0, 0.05) is 47.8 Å². The van der Waals surface area contributed by atoms with Crippen molar-refractivity contribution < 1.29 is 4.79 Å². The smallest absolute Gasteiger partial charge is 0.240 e. The van der Waals surface area contributed by atoms with Gasteiger partial charge in [0.2, 0.25) is 3.79 Å². The third-order valence-corrected chi connectivity index (χ3v) is 3.87. The number of hydrogen-bond acceptors (Lipinski definition) is 3. The molecule has 3 nitrogen and oxygen atoms in total. The Hall–Kier alpha value is -0.490. The summed E-state index contributed by atoms with van der Waals surface area (Å²) in [5, 5.41) is 0. The topological polar surface area (TPSA) is 33.2 Å². The van der Waals surface area contributed by atoms with Crippen LogP contribution in [-0.2, 0) is 18.4 Å². The Labute approximate surface area is 122 Å². The van der Waals surface area contributed by atoms with E-state index in [9.17, 15) is 4.79 Å². The minimum Gasteiger partial charge on any atom is -0.302 e. The Bertz CT molecular complexity index is 491. The lowest BCUT2D eigenvalue weighted by molar-refractivity contribution is 0.109. The fourth-order valence-corrected chi connectivity index (χ4v) is 2.75. The molecule has 1 aliphatic rings.